The maximum Gasteiger partial charge on any atom is 0.349 e. The third-order valence-corrected chi connectivity index (χ3v) is 4.86. The zero-order valence-corrected chi connectivity index (χ0v) is 12.0. The van der Waals surface area contributed by atoms with E-state index in [1.807, 2.05) is 6.07 Å². The van der Waals surface area contributed by atoms with Crippen LogP contribution in [0, 0.1) is 5.92 Å². The Morgan fingerprint density at radius 2 is 2.17 bits per heavy atom. The summed E-state index contributed by atoms with van der Waals surface area (Å²) in [6, 6.07) is 1.90. The number of carboxylic acids is 1. The zero-order chi connectivity index (χ0) is 13.3. The van der Waals surface area contributed by atoms with Crippen LogP contribution in [0.5, 0.6) is 5.75 Å². The largest absolute Gasteiger partial charge is 0.491 e. The second-order valence-electron chi connectivity index (χ2n) is 5.97. The van der Waals surface area contributed by atoms with E-state index >= 15 is 0 Å². The Kier molecular flexibility index (Phi) is 3.66. The summed E-state index contributed by atoms with van der Waals surface area (Å²) >= 11 is 1.33. The number of carboxylic acid groups (broad SMARTS) is 1. The Hall–Kier alpha value is -1.03. The van der Waals surface area contributed by atoms with Crippen LogP contribution in [0.4, 0.5) is 0 Å². The minimum absolute atomic E-state index is 0.0348. The fraction of sp³-hybridized carbons (Fsp3) is 0.643. The van der Waals surface area contributed by atoms with Gasteiger partial charge in [-0.05, 0) is 30.2 Å². The van der Waals surface area contributed by atoms with Gasteiger partial charge in [0.05, 0.1) is 6.61 Å². The number of aromatic carboxylic acids is 1. The molecule has 1 aromatic heterocycles. The molecule has 100 valence electrons. The maximum atomic E-state index is 11.2. The summed E-state index contributed by atoms with van der Waals surface area (Å²) in [5, 5.41) is 9.21. The first-order chi connectivity index (χ1) is 8.38. The molecule has 0 bridgehead atoms. The minimum Gasteiger partial charge on any atom is -0.491 e. The number of carbonyl (C=O) groups is 1. The van der Waals surface area contributed by atoms with Crippen molar-refractivity contribution in [1.82, 2.24) is 0 Å². The summed E-state index contributed by atoms with van der Waals surface area (Å²) in [6.07, 6.45) is 3.69. The average Bonchev–Trinajstić information content (AvgIpc) is 2.58. The molecule has 0 amide bonds. The molecule has 3 nitrogen and oxygen atoms in total. The van der Waals surface area contributed by atoms with E-state index in [-0.39, 0.29) is 5.41 Å². The van der Waals surface area contributed by atoms with E-state index < -0.39 is 5.97 Å². The van der Waals surface area contributed by atoms with Crippen molar-refractivity contribution in [3.05, 3.63) is 15.8 Å². The number of ether oxygens (including phenoxy) is 1. The fourth-order valence-corrected chi connectivity index (χ4v) is 2.87. The van der Waals surface area contributed by atoms with Crippen molar-refractivity contribution < 1.29 is 14.6 Å². The van der Waals surface area contributed by atoms with Crippen LogP contribution in [-0.2, 0) is 5.41 Å². The topological polar surface area (TPSA) is 46.5 Å². The molecule has 4 heteroatoms. The van der Waals surface area contributed by atoms with E-state index in [2.05, 4.69) is 20.8 Å². The van der Waals surface area contributed by atoms with Crippen molar-refractivity contribution in [2.75, 3.05) is 6.61 Å². The van der Waals surface area contributed by atoms with Crippen LogP contribution < -0.4 is 4.74 Å². The molecular weight excluding hydrogens is 248 g/mol. The Labute approximate surface area is 112 Å². The fourth-order valence-electron chi connectivity index (χ4n) is 1.87. The van der Waals surface area contributed by atoms with Gasteiger partial charge < -0.3 is 9.84 Å². The quantitative estimate of drug-likeness (QED) is 0.900. The molecule has 0 atom stereocenters. The third-order valence-electron chi connectivity index (χ3n) is 3.33. The van der Waals surface area contributed by atoms with Crippen LogP contribution in [0.25, 0.3) is 0 Å². The molecule has 0 spiro atoms. The lowest BCUT2D eigenvalue weighted by Crippen LogP contribution is -2.19. The van der Waals surface area contributed by atoms with Gasteiger partial charge in [-0.25, -0.2) is 4.79 Å². The van der Waals surface area contributed by atoms with Crippen LogP contribution in [0.2, 0.25) is 0 Å². The highest BCUT2D eigenvalue weighted by atomic mass is 32.1. The SMILES string of the molecule is CC(C)(C)c1cc(OCC2CCC2)c(C(=O)O)s1. The number of thiophene rings is 1. The first-order valence-corrected chi connectivity index (χ1v) is 7.20. The van der Waals surface area contributed by atoms with Gasteiger partial charge in [0, 0.05) is 4.88 Å². The first kappa shape index (κ1) is 13.4. The van der Waals surface area contributed by atoms with E-state index in [0.717, 1.165) is 4.88 Å². The summed E-state index contributed by atoms with van der Waals surface area (Å²) in [7, 11) is 0. The molecule has 1 heterocycles. The smallest absolute Gasteiger partial charge is 0.349 e. The predicted octanol–water partition coefficient (Wildman–Crippen LogP) is 3.92. The van der Waals surface area contributed by atoms with Gasteiger partial charge >= 0.3 is 5.97 Å². The summed E-state index contributed by atoms with van der Waals surface area (Å²) in [4.78, 5) is 12.6. The molecule has 0 aromatic carbocycles. The molecule has 18 heavy (non-hydrogen) atoms. The lowest BCUT2D eigenvalue weighted by molar-refractivity contribution is 0.0696. The Balaban J connectivity index is 2.15. The molecule has 0 saturated heterocycles. The number of hydrogen-bond acceptors (Lipinski definition) is 3. The van der Waals surface area contributed by atoms with Gasteiger partial charge in [-0.2, -0.15) is 0 Å². The second-order valence-corrected chi connectivity index (χ2v) is 7.02. The monoisotopic (exact) mass is 268 g/mol. The lowest BCUT2D eigenvalue weighted by Gasteiger charge is -2.25. The molecule has 1 N–H and O–H groups in total. The summed E-state index contributed by atoms with van der Waals surface area (Å²) in [5.74, 6) is 0.271. The van der Waals surface area contributed by atoms with E-state index in [0.29, 0.717) is 23.2 Å². The van der Waals surface area contributed by atoms with Crippen molar-refractivity contribution in [3.63, 3.8) is 0 Å². The number of hydrogen-bond donors (Lipinski definition) is 1. The van der Waals surface area contributed by atoms with Crippen LogP contribution >= 0.6 is 11.3 Å². The predicted molar refractivity (Wildman–Crippen MR) is 72.8 cm³/mol. The van der Waals surface area contributed by atoms with Crippen LogP contribution in [0.15, 0.2) is 6.07 Å². The third kappa shape index (κ3) is 2.86. The van der Waals surface area contributed by atoms with Gasteiger partial charge in [-0.3, -0.25) is 0 Å². The van der Waals surface area contributed by atoms with Crippen molar-refractivity contribution in [1.29, 1.82) is 0 Å². The van der Waals surface area contributed by atoms with Crippen molar-refractivity contribution in [2.45, 2.75) is 45.4 Å². The molecule has 1 saturated carbocycles. The summed E-state index contributed by atoms with van der Waals surface area (Å²) in [5.41, 5.74) is -0.0348. The van der Waals surface area contributed by atoms with Gasteiger partial charge in [0.1, 0.15) is 5.75 Å². The minimum atomic E-state index is -0.890. The highest BCUT2D eigenvalue weighted by Crippen LogP contribution is 2.37. The van der Waals surface area contributed by atoms with Gasteiger partial charge in [0.15, 0.2) is 4.88 Å². The molecule has 0 unspecified atom stereocenters. The zero-order valence-electron chi connectivity index (χ0n) is 11.2. The number of rotatable bonds is 4. The van der Waals surface area contributed by atoms with E-state index in [1.54, 1.807) is 0 Å². The van der Waals surface area contributed by atoms with E-state index in [1.165, 1.54) is 30.6 Å². The Bertz CT molecular complexity index is 438. The molecule has 1 aromatic rings. The normalized spacial score (nSPS) is 16.4. The maximum absolute atomic E-state index is 11.2. The molecule has 2 rings (SSSR count). The second kappa shape index (κ2) is 4.92. The molecular formula is C14H20O3S. The average molecular weight is 268 g/mol. The molecule has 1 fully saturated rings. The highest BCUT2D eigenvalue weighted by Gasteiger charge is 2.25. The van der Waals surface area contributed by atoms with Crippen molar-refractivity contribution in [3.8, 4) is 5.75 Å². The van der Waals surface area contributed by atoms with Crippen LogP contribution in [0.1, 0.15) is 54.6 Å². The molecule has 1 aliphatic carbocycles. The summed E-state index contributed by atoms with van der Waals surface area (Å²) < 4.78 is 5.71. The van der Waals surface area contributed by atoms with Gasteiger partial charge in [0.2, 0.25) is 0 Å². The summed E-state index contributed by atoms with van der Waals surface area (Å²) in [6.45, 7) is 6.90. The van der Waals surface area contributed by atoms with Crippen LogP contribution in [-0.4, -0.2) is 17.7 Å². The molecule has 1 aliphatic rings. The van der Waals surface area contributed by atoms with E-state index in [9.17, 15) is 9.90 Å². The van der Waals surface area contributed by atoms with E-state index in [4.69, 9.17) is 4.74 Å². The van der Waals surface area contributed by atoms with Crippen molar-refractivity contribution in [2.24, 2.45) is 5.92 Å². The molecule has 0 aliphatic heterocycles. The Morgan fingerprint density at radius 3 is 2.61 bits per heavy atom. The highest BCUT2D eigenvalue weighted by molar-refractivity contribution is 7.14. The van der Waals surface area contributed by atoms with Gasteiger partial charge in [0.25, 0.3) is 0 Å². The Morgan fingerprint density at radius 1 is 1.50 bits per heavy atom. The first-order valence-electron chi connectivity index (χ1n) is 6.38. The van der Waals surface area contributed by atoms with Gasteiger partial charge in [-0.15, -0.1) is 11.3 Å². The standard InChI is InChI=1S/C14H20O3S/c1-14(2,3)11-7-10(12(18-11)13(15)16)17-8-9-5-4-6-9/h7,9H,4-6,8H2,1-3H3,(H,15,16). The van der Waals surface area contributed by atoms with Crippen LogP contribution in [0.3, 0.4) is 0 Å². The van der Waals surface area contributed by atoms with Crippen molar-refractivity contribution >= 4 is 17.3 Å². The van der Waals surface area contributed by atoms with Gasteiger partial charge in [-0.1, -0.05) is 27.2 Å². The molecule has 0 radical (unpaired) electrons. The lowest BCUT2D eigenvalue weighted by atomic mass is 9.86.